The fourth-order valence-electron chi connectivity index (χ4n) is 1.99. The molecule has 14 heavy (non-hydrogen) atoms. The van der Waals surface area contributed by atoms with Crippen LogP contribution in [0.15, 0.2) is 12.2 Å². The Balaban J connectivity index is 2.32. The van der Waals surface area contributed by atoms with Gasteiger partial charge in [-0.25, -0.2) is 0 Å². The SMILES string of the molecule is C/C=C/CCN1CC(CC)NCC1C. The Hall–Kier alpha value is -0.340. The molecule has 1 rings (SSSR count). The summed E-state index contributed by atoms with van der Waals surface area (Å²) in [6, 6.07) is 1.40. The van der Waals surface area contributed by atoms with Gasteiger partial charge in [-0.05, 0) is 26.7 Å². The molecule has 0 saturated carbocycles. The predicted octanol–water partition coefficient (Wildman–Crippen LogP) is 2.02. The van der Waals surface area contributed by atoms with Crippen LogP contribution in [-0.4, -0.2) is 36.6 Å². The second kappa shape index (κ2) is 6.20. The molecule has 0 aromatic heterocycles. The zero-order valence-electron chi connectivity index (χ0n) is 9.79. The molecule has 0 bridgehead atoms. The van der Waals surface area contributed by atoms with E-state index < -0.39 is 0 Å². The molecule has 2 nitrogen and oxygen atoms in total. The smallest absolute Gasteiger partial charge is 0.0193 e. The lowest BCUT2D eigenvalue weighted by molar-refractivity contribution is 0.141. The normalized spacial score (nSPS) is 29.9. The van der Waals surface area contributed by atoms with Crippen molar-refractivity contribution in [2.24, 2.45) is 0 Å². The molecular formula is C12H24N2. The average molecular weight is 196 g/mol. The molecule has 2 heteroatoms. The van der Waals surface area contributed by atoms with Gasteiger partial charge in [0.05, 0.1) is 0 Å². The maximum absolute atomic E-state index is 3.58. The van der Waals surface area contributed by atoms with Crippen molar-refractivity contribution in [1.29, 1.82) is 0 Å². The maximum atomic E-state index is 3.58. The molecule has 82 valence electrons. The molecule has 0 aliphatic carbocycles. The quantitative estimate of drug-likeness (QED) is 0.692. The highest BCUT2D eigenvalue weighted by Gasteiger charge is 2.22. The number of rotatable bonds is 4. The Labute approximate surface area is 88.4 Å². The summed E-state index contributed by atoms with van der Waals surface area (Å²) < 4.78 is 0. The van der Waals surface area contributed by atoms with Gasteiger partial charge in [0.15, 0.2) is 0 Å². The number of hydrogen-bond acceptors (Lipinski definition) is 2. The Morgan fingerprint density at radius 3 is 2.93 bits per heavy atom. The molecule has 2 atom stereocenters. The van der Waals surface area contributed by atoms with Crippen LogP contribution in [0.25, 0.3) is 0 Å². The molecule has 0 radical (unpaired) electrons. The largest absolute Gasteiger partial charge is 0.311 e. The van der Waals surface area contributed by atoms with Gasteiger partial charge < -0.3 is 5.32 Å². The van der Waals surface area contributed by atoms with E-state index in [0.717, 1.165) is 6.54 Å². The topological polar surface area (TPSA) is 15.3 Å². The van der Waals surface area contributed by atoms with Crippen molar-refractivity contribution < 1.29 is 0 Å². The lowest BCUT2D eigenvalue weighted by Crippen LogP contribution is -2.55. The number of allylic oxidation sites excluding steroid dienone is 1. The van der Waals surface area contributed by atoms with Gasteiger partial charge in [0.1, 0.15) is 0 Å². The van der Waals surface area contributed by atoms with Crippen LogP contribution in [0.1, 0.15) is 33.6 Å². The maximum Gasteiger partial charge on any atom is 0.0193 e. The molecule has 1 aliphatic heterocycles. The highest BCUT2D eigenvalue weighted by atomic mass is 15.2. The zero-order chi connectivity index (χ0) is 10.4. The highest BCUT2D eigenvalue weighted by Crippen LogP contribution is 2.09. The molecule has 1 aliphatic rings. The third kappa shape index (κ3) is 3.43. The third-order valence-corrected chi connectivity index (χ3v) is 3.09. The van der Waals surface area contributed by atoms with Gasteiger partial charge >= 0.3 is 0 Å². The number of piperazine rings is 1. The second-order valence-corrected chi connectivity index (χ2v) is 4.22. The minimum atomic E-state index is 0.697. The Kier molecular flexibility index (Phi) is 5.20. The van der Waals surface area contributed by atoms with Crippen molar-refractivity contribution in [3.05, 3.63) is 12.2 Å². The summed E-state index contributed by atoms with van der Waals surface area (Å²) in [6.45, 7) is 10.2. The van der Waals surface area contributed by atoms with Crippen molar-refractivity contribution in [2.45, 2.75) is 45.7 Å². The van der Waals surface area contributed by atoms with Gasteiger partial charge in [-0.15, -0.1) is 0 Å². The second-order valence-electron chi connectivity index (χ2n) is 4.22. The van der Waals surface area contributed by atoms with Crippen LogP contribution in [-0.2, 0) is 0 Å². The van der Waals surface area contributed by atoms with Crippen LogP contribution < -0.4 is 5.32 Å². The van der Waals surface area contributed by atoms with Gasteiger partial charge in [-0.1, -0.05) is 19.1 Å². The van der Waals surface area contributed by atoms with E-state index in [4.69, 9.17) is 0 Å². The van der Waals surface area contributed by atoms with Crippen LogP contribution in [0, 0.1) is 0 Å². The average Bonchev–Trinajstić information content (AvgIpc) is 2.21. The first-order valence-electron chi connectivity index (χ1n) is 5.86. The molecule has 0 amide bonds. The lowest BCUT2D eigenvalue weighted by Gasteiger charge is -2.38. The third-order valence-electron chi connectivity index (χ3n) is 3.09. The van der Waals surface area contributed by atoms with Gasteiger partial charge in [-0.2, -0.15) is 0 Å². The molecule has 1 N–H and O–H groups in total. The minimum absolute atomic E-state index is 0.697. The first kappa shape index (κ1) is 11.7. The Bertz CT molecular complexity index is 177. The summed E-state index contributed by atoms with van der Waals surface area (Å²) in [7, 11) is 0. The van der Waals surface area contributed by atoms with E-state index in [0.29, 0.717) is 12.1 Å². The summed E-state index contributed by atoms with van der Waals surface area (Å²) >= 11 is 0. The van der Waals surface area contributed by atoms with Crippen LogP contribution >= 0.6 is 0 Å². The van der Waals surface area contributed by atoms with Crippen molar-refractivity contribution in [2.75, 3.05) is 19.6 Å². The van der Waals surface area contributed by atoms with Crippen LogP contribution in [0.3, 0.4) is 0 Å². The van der Waals surface area contributed by atoms with Crippen LogP contribution in [0.4, 0.5) is 0 Å². The number of nitrogens with zero attached hydrogens (tertiary/aromatic N) is 1. The van der Waals surface area contributed by atoms with Gasteiger partial charge in [-0.3, -0.25) is 4.90 Å². The predicted molar refractivity (Wildman–Crippen MR) is 62.5 cm³/mol. The fourth-order valence-corrected chi connectivity index (χ4v) is 1.99. The molecule has 1 heterocycles. The monoisotopic (exact) mass is 196 g/mol. The molecule has 0 aromatic rings. The van der Waals surface area contributed by atoms with E-state index >= 15 is 0 Å². The summed E-state index contributed by atoms with van der Waals surface area (Å²) in [5.41, 5.74) is 0. The lowest BCUT2D eigenvalue weighted by atomic mass is 10.1. The van der Waals surface area contributed by atoms with Gasteiger partial charge in [0.2, 0.25) is 0 Å². The fraction of sp³-hybridized carbons (Fsp3) is 0.833. The van der Waals surface area contributed by atoms with Crippen LogP contribution in [0.2, 0.25) is 0 Å². The van der Waals surface area contributed by atoms with Crippen molar-refractivity contribution in [1.82, 2.24) is 10.2 Å². The van der Waals surface area contributed by atoms with Gasteiger partial charge in [0, 0.05) is 31.7 Å². The molecule has 0 spiro atoms. The Morgan fingerprint density at radius 1 is 1.50 bits per heavy atom. The first-order chi connectivity index (χ1) is 6.77. The number of nitrogens with one attached hydrogen (secondary N) is 1. The van der Waals surface area contributed by atoms with E-state index in [1.54, 1.807) is 0 Å². The zero-order valence-corrected chi connectivity index (χ0v) is 9.79. The molecule has 2 unspecified atom stereocenters. The number of hydrogen-bond donors (Lipinski definition) is 1. The van der Waals surface area contributed by atoms with Gasteiger partial charge in [0.25, 0.3) is 0 Å². The van der Waals surface area contributed by atoms with E-state index in [-0.39, 0.29) is 0 Å². The van der Waals surface area contributed by atoms with Crippen LogP contribution in [0.5, 0.6) is 0 Å². The van der Waals surface area contributed by atoms with Crippen molar-refractivity contribution in [3.8, 4) is 0 Å². The van der Waals surface area contributed by atoms with Crippen molar-refractivity contribution >= 4 is 0 Å². The summed E-state index contributed by atoms with van der Waals surface area (Å²) in [6.07, 6.45) is 6.84. The summed E-state index contributed by atoms with van der Waals surface area (Å²) in [5.74, 6) is 0. The Morgan fingerprint density at radius 2 is 2.29 bits per heavy atom. The van der Waals surface area contributed by atoms with E-state index in [2.05, 4.69) is 43.1 Å². The first-order valence-corrected chi connectivity index (χ1v) is 5.86. The molecule has 1 saturated heterocycles. The summed E-state index contributed by atoms with van der Waals surface area (Å²) in [4.78, 5) is 2.60. The molecular weight excluding hydrogens is 172 g/mol. The van der Waals surface area contributed by atoms with Crippen molar-refractivity contribution in [3.63, 3.8) is 0 Å². The van der Waals surface area contributed by atoms with E-state index in [1.807, 2.05) is 0 Å². The minimum Gasteiger partial charge on any atom is -0.311 e. The standard InChI is InChI=1S/C12H24N2/c1-4-6-7-8-14-10-12(5-2)13-9-11(14)3/h4,6,11-13H,5,7-10H2,1-3H3/b6-4+. The highest BCUT2D eigenvalue weighted by molar-refractivity contribution is 4.85. The molecule has 1 fully saturated rings. The van der Waals surface area contributed by atoms with E-state index in [1.165, 1.54) is 25.9 Å². The van der Waals surface area contributed by atoms with E-state index in [9.17, 15) is 0 Å². The summed E-state index contributed by atoms with van der Waals surface area (Å²) in [5, 5.41) is 3.58. The molecule has 0 aromatic carbocycles.